The van der Waals surface area contributed by atoms with Gasteiger partial charge in [0.15, 0.2) is 0 Å². The number of thioether (sulfide) groups is 2. The normalized spacial score (nSPS) is 13.1. The molecule has 4 nitrogen and oxygen atoms in total. The number of anilines is 2. The van der Waals surface area contributed by atoms with Gasteiger partial charge >= 0.3 is 0 Å². The van der Waals surface area contributed by atoms with Gasteiger partial charge in [-0.25, -0.2) is 0 Å². The zero-order valence-corrected chi connectivity index (χ0v) is 21.6. The SMILES string of the molecule is CSC(NCCCCCNC(Nc1c(C)cccc1C)SC)Nc1c(C)cccc1C. The molecule has 0 radical (unpaired) electrons. The van der Waals surface area contributed by atoms with Crippen molar-refractivity contribution in [2.45, 2.75) is 58.0 Å². The van der Waals surface area contributed by atoms with Gasteiger partial charge in [0.2, 0.25) is 0 Å². The summed E-state index contributed by atoms with van der Waals surface area (Å²) in [5.74, 6) is 0. The second-order valence-corrected chi connectivity index (χ2v) is 9.91. The molecule has 2 unspecified atom stereocenters. The van der Waals surface area contributed by atoms with Crippen LogP contribution in [0.15, 0.2) is 36.4 Å². The first-order valence-electron chi connectivity index (χ1n) is 11.1. The van der Waals surface area contributed by atoms with Crippen LogP contribution in [0.5, 0.6) is 0 Å². The smallest absolute Gasteiger partial charge is 0.125 e. The standard InChI is InChI=1S/C25H40N4S2/c1-18-12-10-13-19(2)22(18)28-24(30-5)26-16-8-7-9-17-27-25(31-6)29-23-20(3)14-11-15-21(23)4/h10-15,24-29H,7-9,16-17H2,1-6H3. The lowest BCUT2D eigenvalue weighted by Crippen LogP contribution is -2.35. The van der Waals surface area contributed by atoms with Crippen LogP contribution in [0.1, 0.15) is 41.5 Å². The maximum Gasteiger partial charge on any atom is 0.125 e. The lowest BCUT2D eigenvalue weighted by Gasteiger charge is -2.22. The Labute approximate surface area is 198 Å². The molecule has 0 amide bonds. The van der Waals surface area contributed by atoms with Crippen molar-refractivity contribution in [2.24, 2.45) is 0 Å². The highest BCUT2D eigenvalue weighted by molar-refractivity contribution is 7.99. The molecule has 31 heavy (non-hydrogen) atoms. The summed E-state index contributed by atoms with van der Waals surface area (Å²) in [4.78, 5) is 0. The molecule has 2 rings (SSSR count). The summed E-state index contributed by atoms with van der Waals surface area (Å²) in [6, 6.07) is 12.9. The number of unbranched alkanes of at least 4 members (excludes halogenated alkanes) is 2. The fourth-order valence-corrected chi connectivity index (χ4v) is 4.67. The topological polar surface area (TPSA) is 48.1 Å². The van der Waals surface area contributed by atoms with E-state index in [2.05, 4.69) is 97.9 Å². The van der Waals surface area contributed by atoms with E-state index in [1.165, 1.54) is 52.9 Å². The average Bonchev–Trinajstić information content (AvgIpc) is 2.75. The first-order valence-corrected chi connectivity index (χ1v) is 13.7. The molecule has 0 saturated heterocycles. The molecule has 0 bridgehead atoms. The highest BCUT2D eigenvalue weighted by atomic mass is 32.2. The fourth-order valence-electron chi connectivity index (χ4n) is 3.63. The van der Waals surface area contributed by atoms with Crippen LogP contribution in [0.3, 0.4) is 0 Å². The molecule has 4 N–H and O–H groups in total. The molecule has 172 valence electrons. The number of nitrogens with one attached hydrogen (secondary N) is 4. The summed E-state index contributed by atoms with van der Waals surface area (Å²) in [6.07, 6.45) is 7.87. The Kier molecular flexibility index (Phi) is 11.7. The van der Waals surface area contributed by atoms with Crippen LogP contribution >= 0.6 is 23.5 Å². The molecule has 0 saturated carbocycles. The average molecular weight is 461 g/mol. The van der Waals surface area contributed by atoms with Gasteiger partial charge in [-0.3, -0.25) is 10.6 Å². The number of hydrogen-bond acceptors (Lipinski definition) is 6. The van der Waals surface area contributed by atoms with E-state index >= 15 is 0 Å². The van der Waals surface area contributed by atoms with Gasteiger partial charge in [0.05, 0.1) is 0 Å². The lowest BCUT2D eigenvalue weighted by molar-refractivity contribution is 0.574. The van der Waals surface area contributed by atoms with E-state index in [-0.39, 0.29) is 11.0 Å². The highest BCUT2D eigenvalue weighted by Gasteiger charge is 2.10. The summed E-state index contributed by atoms with van der Waals surface area (Å²) in [5, 5.41) is 14.6. The van der Waals surface area contributed by atoms with Gasteiger partial charge in [-0.05, 0) is 88.4 Å². The van der Waals surface area contributed by atoms with Gasteiger partial charge in [0.25, 0.3) is 0 Å². The van der Waals surface area contributed by atoms with E-state index in [4.69, 9.17) is 0 Å². The Bertz CT molecular complexity index is 691. The molecule has 2 atom stereocenters. The minimum atomic E-state index is 0.236. The van der Waals surface area contributed by atoms with E-state index in [0.717, 1.165) is 13.1 Å². The van der Waals surface area contributed by atoms with Gasteiger partial charge < -0.3 is 10.6 Å². The molecule has 0 aliphatic heterocycles. The Morgan fingerprint density at radius 1 is 0.613 bits per heavy atom. The third-order valence-electron chi connectivity index (χ3n) is 5.50. The molecular weight excluding hydrogens is 420 g/mol. The quantitative estimate of drug-likeness (QED) is 0.202. The zero-order valence-electron chi connectivity index (χ0n) is 20.0. The van der Waals surface area contributed by atoms with Crippen LogP contribution in [0, 0.1) is 27.7 Å². The summed E-state index contributed by atoms with van der Waals surface area (Å²) in [5.41, 5.74) is 8.15. The van der Waals surface area contributed by atoms with Crippen LogP contribution in [0.2, 0.25) is 0 Å². The fraction of sp³-hybridized carbons (Fsp3) is 0.520. The molecule has 6 heteroatoms. The Morgan fingerprint density at radius 2 is 0.968 bits per heavy atom. The van der Waals surface area contributed by atoms with Crippen molar-refractivity contribution in [3.8, 4) is 0 Å². The number of hydrogen-bond donors (Lipinski definition) is 4. The van der Waals surface area contributed by atoms with E-state index < -0.39 is 0 Å². The monoisotopic (exact) mass is 460 g/mol. The van der Waals surface area contributed by atoms with Crippen molar-refractivity contribution in [3.63, 3.8) is 0 Å². The van der Waals surface area contributed by atoms with Crippen molar-refractivity contribution < 1.29 is 0 Å². The second-order valence-electron chi connectivity index (χ2n) is 8.02. The Hall–Kier alpha value is -1.34. The molecule has 0 aromatic heterocycles. The van der Waals surface area contributed by atoms with Crippen LogP contribution in [0.4, 0.5) is 11.4 Å². The molecule has 0 fully saturated rings. The molecular formula is C25H40N4S2. The maximum absolute atomic E-state index is 3.65. The molecule has 2 aromatic carbocycles. The third kappa shape index (κ3) is 8.60. The first kappa shape index (κ1) is 25.9. The third-order valence-corrected chi connectivity index (χ3v) is 7.01. The predicted octanol–water partition coefficient (Wildman–Crippen LogP) is 6.09. The maximum atomic E-state index is 3.65. The van der Waals surface area contributed by atoms with Crippen molar-refractivity contribution in [3.05, 3.63) is 58.7 Å². The van der Waals surface area contributed by atoms with E-state index in [0.29, 0.717) is 0 Å². The van der Waals surface area contributed by atoms with Crippen LogP contribution in [-0.4, -0.2) is 36.6 Å². The minimum Gasteiger partial charge on any atom is -0.361 e. The molecule has 0 aliphatic rings. The summed E-state index contributed by atoms with van der Waals surface area (Å²) in [7, 11) is 0. The lowest BCUT2D eigenvalue weighted by atomic mass is 10.1. The largest absolute Gasteiger partial charge is 0.361 e. The van der Waals surface area contributed by atoms with Crippen LogP contribution in [-0.2, 0) is 0 Å². The summed E-state index contributed by atoms with van der Waals surface area (Å²) < 4.78 is 0. The van der Waals surface area contributed by atoms with Gasteiger partial charge in [-0.2, -0.15) is 0 Å². The van der Waals surface area contributed by atoms with Gasteiger partial charge in [0.1, 0.15) is 11.0 Å². The molecule has 0 spiro atoms. The molecule has 0 heterocycles. The number of aryl methyl sites for hydroxylation is 4. The molecule has 2 aromatic rings. The number of rotatable bonds is 14. The van der Waals surface area contributed by atoms with E-state index in [1.807, 2.05) is 23.5 Å². The summed E-state index contributed by atoms with van der Waals surface area (Å²) in [6.45, 7) is 10.7. The van der Waals surface area contributed by atoms with E-state index in [9.17, 15) is 0 Å². The van der Waals surface area contributed by atoms with Crippen LogP contribution < -0.4 is 21.3 Å². The van der Waals surface area contributed by atoms with E-state index in [1.54, 1.807) is 0 Å². The Morgan fingerprint density at radius 3 is 1.29 bits per heavy atom. The minimum absolute atomic E-state index is 0.236. The van der Waals surface area contributed by atoms with Crippen LogP contribution in [0.25, 0.3) is 0 Å². The van der Waals surface area contributed by atoms with Gasteiger partial charge in [0, 0.05) is 11.4 Å². The zero-order chi connectivity index (χ0) is 22.6. The highest BCUT2D eigenvalue weighted by Crippen LogP contribution is 2.23. The van der Waals surface area contributed by atoms with Crippen molar-refractivity contribution in [1.29, 1.82) is 0 Å². The number of para-hydroxylation sites is 2. The Balaban J connectivity index is 1.64. The van der Waals surface area contributed by atoms with Gasteiger partial charge in [-0.1, -0.05) is 42.8 Å². The van der Waals surface area contributed by atoms with Crippen molar-refractivity contribution >= 4 is 34.9 Å². The first-order chi connectivity index (χ1) is 15.0. The second kappa shape index (κ2) is 13.9. The predicted molar refractivity (Wildman–Crippen MR) is 144 cm³/mol. The summed E-state index contributed by atoms with van der Waals surface area (Å²) >= 11 is 3.63. The van der Waals surface area contributed by atoms with Gasteiger partial charge in [-0.15, -0.1) is 23.5 Å². The van der Waals surface area contributed by atoms with Crippen molar-refractivity contribution in [2.75, 3.05) is 36.2 Å². The number of benzene rings is 2. The van der Waals surface area contributed by atoms with Crippen molar-refractivity contribution in [1.82, 2.24) is 10.6 Å². The molecule has 0 aliphatic carbocycles.